The number of hydrogen-bond donors (Lipinski definition) is 0. The van der Waals surface area contributed by atoms with Gasteiger partial charge >= 0.3 is 0 Å². The van der Waals surface area contributed by atoms with Crippen LogP contribution >= 0.6 is 0 Å². The Morgan fingerprint density at radius 2 is 0.857 bits per heavy atom. The Morgan fingerprint density at radius 1 is 0.571 bits per heavy atom. The Balaban J connectivity index is 0.00000350. The van der Waals surface area contributed by atoms with Crippen LogP contribution in [0.1, 0.15) is 233 Å². The second-order valence-electron chi connectivity index (χ2n) is 15.1. The summed E-state index contributed by atoms with van der Waals surface area (Å²) in [5.41, 5.74) is 0. The second kappa shape index (κ2) is 35.7. The highest BCUT2D eigenvalue weighted by atomic mass is 32.3. The lowest BCUT2D eigenvalue weighted by molar-refractivity contribution is -0.518. The molecule has 1 rings (SSSR count). The van der Waals surface area contributed by atoms with E-state index < -0.39 is 10.4 Å². The molecule has 0 amide bonds. The minimum absolute atomic E-state index is 0.762. The molecule has 0 N–H and O–H groups in total. The lowest BCUT2D eigenvalue weighted by atomic mass is 10.0. The lowest BCUT2D eigenvalue weighted by Crippen LogP contribution is -2.32. The van der Waals surface area contributed by atoms with Crippen LogP contribution in [0.15, 0.2) is 0 Å². The highest BCUT2D eigenvalue weighted by molar-refractivity contribution is 7.80. The van der Waals surface area contributed by atoms with Crippen molar-refractivity contribution >= 4 is 16.2 Å². The van der Waals surface area contributed by atoms with Crippen LogP contribution in [0.2, 0.25) is 0 Å². The molecule has 49 heavy (non-hydrogen) atoms. The predicted molar refractivity (Wildman–Crippen MR) is 213 cm³/mol. The number of nitrogens with zero attached hydrogens (tertiary/aromatic N) is 2. The van der Waals surface area contributed by atoms with Crippen LogP contribution in [0.25, 0.3) is 0 Å². The monoisotopic (exact) mass is 715 g/mol. The average Bonchev–Trinajstić information content (AvgIpc) is 3.39. The minimum atomic E-state index is -4.41. The second-order valence-corrected chi connectivity index (χ2v) is 16.2. The van der Waals surface area contributed by atoms with Gasteiger partial charge in [-0.25, -0.2) is 8.42 Å². The van der Waals surface area contributed by atoms with E-state index in [1.165, 1.54) is 225 Å². The van der Waals surface area contributed by atoms with Crippen molar-refractivity contribution in [1.29, 1.82) is 0 Å². The molecule has 0 radical (unpaired) electrons. The molecular weight excluding hydrogens is 629 g/mol. The first kappa shape index (κ1) is 48.3. The summed E-state index contributed by atoms with van der Waals surface area (Å²) >= 11 is 0. The van der Waals surface area contributed by atoms with Gasteiger partial charge in [0.1, 0.15) is 12.6 Å². The summed E-state index contributed by atoms with van der Waals surface area (Å²) in [6.07, 6.45) is 47.9. The van der Waals surface area contributed by atoms with Crippen molar-refractivity contribution in [3.05, 3.63) is 0 Å². The Labute approximate surface area is 308 Å². The molecule has 0 spiro atoms. The fourth-order valence-corrected chi connectivity index (χ4v) is 7.43. The molecule has 0 saturated carbocycles. The summed E-state index contributed by atoms with van der Waals surface area (Å²) in [5.74, 6) is 1.65. The molecule has 1 aliphatic rings. The van der Waals surface area contributed by atoms with Crippen LogP contribution in [0, 0.1) is 0 Å². The zero-order valence-corrected chi connectivity index (χ0v) is 34.6. The third-order valence-corrected chi connectivity index (χ3v) is 11.1. The molecule has 7 heteroatoms. The first-order chi connectivity index (χ1) is 23.8. The van der Waals surface area contributed by atoms with Crippen molar-refractivity contribution in [3.8, 4) is 0 Å². The first-order valence-electron chi connectivity index (χ1n) is 21.7. The zero-order chi connectivity index (χ0) is 36.3. The fraction of sp³-hybridized carbons (Fsp3) is 0.976. The Morgan fingerprint density at radius 3 is 1.14 bits per heavy atom. The molecule has 1 unspecified atom stereocenters. The largest absolute Gasteiger partial charge is 0.726 e. The molecule has 1 atom stereocenters. The van der Waals surface area contributed by atoms with E-state index >= 15 is 0 Å². The quantitative estimate of drug-likeness (QED) is 0.0283. The van der Waals surface area contributed by atoms with Crippen molar-refractivity contribution in [2.75, 3.05) is 27.2 Å². The number of amidine groups is 1. The minimum Gasteiger partial charge on any atom is -0.726 e. The maximum absolute atomic E-state index is 9.22. The average molecular weight is 715 g/mol. The van der Waals surface area contributed by atoms with Gasteiger partial charge in [0.2, 0.25) is 16.2 Å². The van der Waals surface area contributed by atoms with E-state index in [0.29, 0.717) is 0 Å². The molecular formula is C42H86N2O4S. The highest BCUT2D eigenvalue weighted by Crippen LogP contribution is 2.20. The van der Waals surface area contributed by atoms with Crippen LogP contribution in [-0.4, -0.2) is 61.6 Å². The van der Waals surface area contributed by atoms with Crippen molar-refractivity contribution in [3.63, 3.8) is 0 Å². The molecule has 0 fully saturated rings. The van der Waals surface area contributed by atoms with Gasteiger partial charge in [-0.05, 0) is 26.2 Å². The van der Waals surface area contributed by atoms with Gasteiger partial charge in [-0.15, -0.1) is 0 Å². The van der Waals surface area contributed by atoms with Gasteiger partial charge in [0.25, 0.3) is 0 Å². The summed E-state index contributed by atoms with van der Waals surface area (Å²) in [6, 6.07) is 0.762. The smallest absolute Gasteiger partial charge is 0.247 e. The summed E-state index contributed by atoms with van der Waals surface area (Å²) in [5, 5.41) is 0. The number of likely N-dealkylation sites (N-methyl/N-ethyl adjacent to an activating group) is 2. The summed E-state index contributed by atoms with van der Waals surface area (Å²) in [7, 11) is -1.21. The van der Waals surface area contributed by atoms with E-state index in [2.05, 4.69) is 41.5 Å². The van der Waals surface area contributed by atoms with Crippen LogP contribution in [0.3, 0.4) is 0 Å². The first-order valence-corrected chi connectivity index (χ1v) is 23.0. The summed E-state index contributed by atoms with van der Waals surface area (Å²) in [6.45, 7) is 9.44. The molecule has 0 aliphatic carbocycles. The van der Waals surface area contributed by atoms with Crippen LogP contribution in [0.5, 0.6) is 0 Å². The molecule has 0 aromatic carbocycles. The van der Waals surface area contributed by atoms with Crippen molar-refractivity contribution in [1.82, 2.24) is 4.90 Å². The predicted octanol–water partition coefficient (Wildman–Crippen LogP) is 12.7. The standard InChI is InChI=1S/C41H83N2.CH4O4S/c1-5-8-10-12-14-16-18-20-22-24-25-27-29-31-33-35-37-40-39-43(7-3)41(42(40)4)38-36-34-32-30-28-26-23-21-19-17-15-13-11-9-6-2;1-5-6(2,3)4/h40H,5-39H2,1-4H3;1H3,(H,2,3,4)/q+1;/p-1. The molecule has 0 saturated heterocycles. The Hall–Kier alpha value is -0.660. The van der Waals surface area contributed by atoms with Gasteiger partial charge in [0.15, 0.2) is 0 Å². The number of unbranched alkanes of at least 4 members (excludes halogenated alkanes) is 29. The summed E-state index contributed by atoms with van der Waals surface area (Å²) in [4.78, 5) is 2.68. The van der Waals surface area contributed by atoms with Crippen molar-refractivity contribution in [2.45, 2.75) is 239 Å². The topological polar surface area (TPSA) is 72.7 Å². The van der Waals surface area contributed by atoms with Gasteiger partial charge in [-0.3, -0.25) is 13.7 Å². The van der Waals surface area contributed by atoms with Gasteiger partial charge in [0, 0.05) is 6.42 Å². The van der Waals surface area contributed by atoms with Crippen LogP contribution in [0.4, 0.5) is 0 Å². The zero-order valence-electron chi connectivity index (χ0n) is 33.8. The SMILES string of the molecule is CCCCCCCCCCCCCCCCCCC1C[N+](CC)=C(CCCCCCCCCCCCCCCCC)N1C.COS(=O)(=O)[O-]. The fourth-order valence-electron chi connectivity index (χ4n) is 7.43. The van der Waals surface area contributed by atoms with Crippen molar-refractivity contribution in [2.24, 2.45) is 0 Å². The van der Waals surface area contributed by atoms with E-state index in [1.807, 2.05) is 0 Å². The van der Waals surface area contributed by atoms with Crippen LogP contribution < -0.4 is 0 Å². The third kappa shape index (κ3) is 31.8. The maximum Gasteiger partial charge on any atom is 0.247 e. The molecule has 6 nitrogen and oxygen atoms in total. The summed E-state index contributed by atoms with van der Waals surface area (Å²) < 4.78 is 33.7. The van der Waals surface area contributed by atoms with E-state index in [4.69, 9.17) is 0 Å². The third-order valence-electron chi connectivity index (χ3n) is 10.7. The van der Waals surface area contributed by atoms with E-state index in [1.54, 1.807) is 5.84 Å². The van der Waals surface area contributed by atoms with Crippen LogP contribution in [-0.2, 0) is 14.6 Å². The lowest BCUT2D eigenvalue weighted by Gasteiger charge is -2.16. The Kier molecular flexibility index (Phi) is 35.2. The van der Waals surface area contributed by atoms with E-state index in [0.717, 1.165) is 13.2 Å². The highest BCUT2D eigenvalue weighted by Gasteiger charge is 2.34. The molecule has 294 valence electrons. The Bertz CT molecular complexity index is 833. The molecule has 1 aliphatic heterocycles. The van der Waals surface area contributed by atoms with Gasteiger partial charge < -0.3 is 4.55 Å². The van der Waals surface area contributed by atoms with Crippen molar-refractivity contribution < 1.29 is 21.7 Å². The van der Waals surface area contributed by atoms with Gasteiger partial charge in [-0.2, -0.15) is 0 Å². The molecule has 1 heterocycles. The van der Waals surface area contributed by atoms with E-state index in [9.17, 15) is 13.0 Å². The maximum atomic E-state index is 9.22. The molecule has 0 aromatic heterocycles. The molecule has 0 bridgehead atoms. The van der Waals surface area contributed by atoms with Gasteiger partial charge in [0.05, 0.1) is 20.7 Å². The molecule has 0 aromatic rings. The van der Waals surface area contributed by atoms with E-state index in [-0.39, 0.29) is 0 Å². The normalized spacial score (nSPS) is 14.9. The number of hydrogen-bond acceptors (Lipinski definition) is 5. The van der Waals surface area contributed by atoms with Gasteiger partial charge in [-0.1, -0.05) is 200 Å². The number of rotatable bonds is 35.